The fourth-order valence-corrected chi connectivity index (χ4v) is 3.45. The van der Waals surface area contributed by atoms with E-state index >= 15 is 0 Å². The van der Waals surface area contributed by atoms with Gasteiger partial charge in [-0.25, -0.2) is 0 Å². The number of nitrogens with zero attached hydrogens (tertiary/aromatic N) is 4. The molecule has 0 saturated carbocycles. The van der Waals surface area contributed by atoms with Crippen LogP contribution in [0.3, 0.4) is 0 Å². The molecule has 0 radical (unpaired) electrons. The number of piperazine rings is 1. The zero-order chi connectivity index (χ0) is 17.6. The van der Waals surface area contributed by atoms with Gasteiger partial charge < -0.3 is 9.63 Å². The molecule has 1 atom stereocenters. The largest absolute Gasteiger partial charge is 0.396 e. The van der Waals surface area contributed by atoms with Gasteiger partial charge in [0.15, 0.2) is 0 Å². The third-order valence-electron chi connectivity index (χ3n) is 4.61. The summed E-state index contributed by atoms with van der Waals surface area (Å²) in [6.45, 7) is 9.38. The SMILES string of the molecule is CC(C)CN1CCN(Cc2nc(-c3ccccc3)no2)CC1CCO. The van der Waals surface area contributed by atoms with Crippen molar-refractivity contribution in [2.75, 3.05) is 32.8 Å². The quantitative estimate of drug-likeness (QED) is 0.831. The number of hydrogen-bond donors (Lipinski definition) is 1. The highest BCUT2D eigenvalue weighted by Crippen LogP contribution is 2.19. The zero-order valence-electron chi connectivity index (χ0n) is 15.1. The molecule has 2 aromatic rings. The summed E-state index contributed by atoms with van der Waals surface area (Å²) in [6, 6.07) is 10.3. The Morgan fingerprint density at radius 3 is 2.76 bits per heavy atom. The highest BCUT2D eigenvalue weighted by molar-refractivity contribution is 5.53. The van der Waals surface area contributed by atoms with E-state index in [1.54, 1.807) is 0 Å². The Balaban J connectivity index is 1.61. The van der Waals surface area contributed by atoms with E-state index in [1.165, 1.54) is 0 Å². The number of aliphatic hydroxyl groups is 1. The van der Waals surface area contributed by atoms with Crippen LogP contribution < -0.4 is 0 Å². The molecule has 1 unspecified atom stereocenters. The van der Waals surface area contributed by atoms with Gasteiger partial charge in [0.1, 0.15) is 0 Å². The molecule has 25 heavy (non-hydrogen) atoms. The molecule has 1 aliphatic rings. The smallest absolute Gasteiger partial charge is 0.241 e. The summed E-state index contributed by atoms with van der Waals surface area (Å²) in [6.07, 6.45) is 0.808. The Kier molecular flexibility index (Phi) is 6.18. The lowest BCUT2D eigenvalue weighted by atomic mass is 10.1. The van der Waals surface area contributed by atoms with E-state index in [1.807, 2.05) is 30.3 Å². The second kappa shape index (κ2) is 8.56. The lowest BCUT2D eigenvalue weighted by Crippen LogP contribution is -2.53. The first-order valence-corrected chi connectivity index (χ1v) is 9.11. The van der Waals surface area contributed by atoms with E-state index in [4.69, 9.17) is 4.52 Å². The Morgan fingerprint density at radius 2 is 2.04 bits per heavy atom. The molecule has 0 aliphatic carbocycles. The van der Waals surface area contributed by atoms with E-state index in [-0.39, 0.29) is 6.61 Å². The van der Waals surface area contributed by atoms with Gasteiger partial charge in [0.2, 0.25) is 11.7 Å². The van der Waals surface area contributed by atoms with Gasteiger partial charge >= 0.3 is 0 Å². The zero-order valence-corrected chi connectivity index (χ0v) is 15.1. The minimum atomic E-state index is 0.228. The maximum atomic E-state index is 9.39. The van der Waals surface area contributed by atoms with Gasteiger partial charge in [-0.2, -0.15) is 4.98 Å². The molecule has 1 aromatic carbocycles. The summed E-state index contributed by atoms with van der Waals surface area (Å²) in [5.74, 6) is 1.93. The average molecular weight is 344 g/mol. The number of benzene rings is 1. The molecule has 1 saturated heterocycles. The maximum Gasteiger partial charge on any atom is 0.241 e. The van der Waals surface area contributed by atoms with Gasteiger partial charge in [0, 0.05) is 44.4 Å². The Morgan fingerprint density at radius 1 is 1.24 bits per heavy atom. The van der Waals surface area contributed by atoms with Crippen molar-refractivity contribution < 1.29 is 9.63 Å². The first-order valence-electron chi connectivity index (χ1n) is 9.11. The van der Waals surface area contributed by atoms with Crippen molar-refractivity contribution in [3.05, 3.63) is 36.2 Å². The summed E-state index contributed by atoms with van der Waals surface area (Å²) < 4.78 is 5.44. The van der Waals surface area contributed by atoms with Crippen LogP contribution in [0.4, 0.5) is 0 Å². The molecular weight excluding hydrogens is 316 g/mol. The van der Waals surface area contributed by atoms with Crippen LogP contribution in [0.25, 0.3) is 11.4 Å². The average Bonchev–Trinajstić information content (AvgIpc) is 3.06. The van der Waals surface area contributed by atoms with Gasteiger partial charge in [-0.15, -0.1) is 0 Å². The van der Waals surface area contributed by atoms with Crippen molar-refractivity contribution in [3.8, 4) is 11.4 Å². The number of aromatic nitrogens is 2. The van der Waals surface area contributed by atoms with Crippen molar-refractivity contribution in [1.82, 2.24) is 19.9 Å². The maximum absolute atomic E-state index is 9.39. The van der Waals surface area contributed by atoms with Crippen LogP contribution in [0.5, 0.6) is 0 Å². The van der Waals surface area contributed by atoms with E-state index in [0.717, 1.165) is 38.2 Å². The lowest BCUT2D eigenvalue weighted by molar-refractivity contribution is 0.0430. The molecular formula is C19H28N4O2. The van der Waals surface area contributed by atoms with Crippen molar-refractivity contribution >= 4 is 0 Å². The van der Waals surface area contributed by atoms with E-state index in [2.05, 4.69) is 33.8 Å². The molecule has 6 heteroatoms. The summed E-state index contributed by atoms with van der Waals surface area (Å²) in [5, 5.41) is 13.5. The fraction of sp³-hybridized carbons (Fsp3) is 0.579. The van der Waals surface area contributed by atoms with Crippen molar-refractivity contribution in [1.29, 1.82) is 0 Å². The third-order valence-corrected chi connectivity index (χ3v) is 4.61. The van der Waals surface area contributed by atoms with Gasteiger partial charge in [0.25, 0.3) is 0 Å². The number of hydrogen-bond acceptors (Lipinski definition) is 6. The van der Waals surface area contributed by atoms with Crippen molar-refractivity contribution in [2.45, 2.75) is 32.9 Å². The lowest BCUT2D eigenvalue weighted by Gasteiger charge is -2.41. The molecule has 136 valence electrons. The van der Waals surface area contributed by atoms with E-state index in [9.17, 15) is 5.11 Å². The predicted molar refractivity (Wildman–Crippen MR) is 96.9 cm³/mol. The summed E-state index contributed by atoms with van der Waals surface area (Å²) >= 11 is 0. The third kappa shape index (κ3) is 4.87. The molecule has 1 fully saturated rings. The Labute approximate surface area is 149 Å². The Bertz CT molecular complexity index is 644. The topological polar surface area (TPSA) is 65.6 Å². The molecule has 1 N–H and O–H groups in total. The first-order chi connectivity index (χ1) is 12.2. The van der Waals surface area contributed by atoms with Crippen LogP contribution >= 0.6 is 0 Å². The van der Waals surface area contributed by atoms with Crippen LogP contribution in [0.1, 0.15) is 26.2 Å². The highest BCUT2D eigenvalue weighted by Gasteiger charge is 2.27. The minimum absolute atomic E-state index is 0.228. The highest BCUT2D eigenvalue weighted by atomic mass is 16.5. The van der Waals surface area contributed by atoms with Gasteiger partial charge in [-0.1, -0.05) is 49.3 Å². The van der Waals surface area contributed by atoms with Crippen LogP contribution in [0.2, 0.25) is 0 Å². The Hall–Kier alpha value is -1.76. The van der Waals surface area contributed by atoms with Crippen molar-refractivity contribution in [2.24, 2.45) is 5.92 Å². The molecule has 0 spiro atoms. The first kappa shape index (κ1) is 18.0. The number of rotatable bonds is 7. The standard InChI is InChI=1S/C19H28N4O2/c1-15(2)12-23-10-9-22(13-17(23)8-11-24)14-18-20-19(21-25-18)16-6-4-3-5-7-16/h3-7,15,17,24H,8-14H2,1-2H3. The second-order valence-electron chi connectivity index (χ2n) is 7.17. The van der Waals surface area contributed by atoms with Crippen LogP contribution in [-0.4, -0.2) is 63.9 Å². The fourth-order valence-electron chi connectivity index (χ4n) is 3.45. The summed E-state index contributed by atoms with van der Waals surface area (Å²) in [7, 11) is 0. The van der Waals surface area contributed by atoms with Crippen LogP contribution in [0, 0.1) is 5.92 Å². The van der Waals surface area contributed by atoms with Crippen LogP contribution in [0.15, 0.2) is 34.9 Å². The summed E-state index contributed by atoms with van der Waals surface area (Å²) in [4.78, 5) is 9.38. The molecule has 1 aliphatic heterocycles. The summed E-state index contributed by atoms with van der Waals surface area (Å²) in [5.41, 5.74) is 0.970. The molecule has 2 heterocycles. The molecule has 0 bridgehead atoms. The van der Waals surface area contributed by atoms with E-state index < -0.39 is 0 Å². The van der Waals surface area contributed by atoms with Crippen LogP contribution in [-0.2, 0) is 6.54 Å². The predicted octanol–water partition coefficient (Wildman–Crippen LogP) is 2.26. The van der Waals surface area contributed by atoms with Gasteiger partial charge in [-0.3, -0.25) is 9.80 Å². The molecule has 3 rings (SSSR count). The molecule has 1 aromatic heterocycles. The van der Waals surface area contributed by atoms with Gasteiger partial charge in [-0.05, 0) is 12.3 Å². The normalized spacial score (nSPS) is 19.6. The van der Waals surface area contributed by atoms with Gasteiger partial charge in [0.05, 0.1) is 6.54 Å². The molecule has 6 nitrogen and oxygen atoms in total. The van der Waals surface area contributed by atoms with E-state index in [0.29, 0.717) is 30.2 Å². The van der Waals surface area contributed by atoms with Crippen molar-refractivity contribution in [3.63, 3.8) is 0 Å². The number of aliphatic hydroxyl groups excluding tert-OH is 1. The molecule has 0 amide bonds. The second-order valence-corrected chi connectivity index (χ2v) is 7.17. The monoisotopic (exact) mass is 344 g/mol. The minimum Gasteiger partial charge on any atom is -0.396 e.